The molecule has 0 aliphatic heterocycles. The minimum atomic E-state index is -0.374. The number of aromatic nitrogens is 1. The molecule has 3 aromatic rings. The third-order valence-electron chi connectivity index (χ3n) is 4.19. The van der Waals surface area contributed by atoms with Crippen LogP contribution in [-0.2, 0) is 11.2 Å². The molecule has 1 aromatic heterocycles. The first-order chi connectivity index (χ1) is 12.3. The molecule has 0 bridgehead atoms. The molecule has 0 aliphatic carbocycles. The monoisotopic (exact) mass is 372 g/mol. The van der Waals surface area contributed by atoms with E-state index in [0.29, 0.717) is 33.6 Å². The van der Waals surface area contributed by atoms with Crippen LogP contribution >= 0.6 is 11.6 Å². The largest absolute Gasteiger partial charge is 0.360 e. The van der Waals surface area contributed by atoms with Gasteiger partial charge in [0.1, 0.15) is 11.6 Å². The second-order valence-corrected chi connectivity index (χ2v) is 6.87. The van der Waals surface area contributed by atoms with Crippen molar-refractivity contribution < 1.29 is 14.0 Å². The molecule has 6 heteroatoms. The molecule has 0 fully saturated rings. The summed E-state index contributed by atoms with van der Waals surface area (Å²) in [6.45, 7) is 3.71. The molecular weight excluding hydrogens is 355 g/mol. The molecule has 2 aromatic carbocycles. The van der Waals surface area contributed by atoms with Gasteiger partial charge in [0.05, 0.1) is 16.3 Å². The van der Waals surface area contributed by atoms with E-state index >= 15 is 0 Å². The summed E-state index contributed by atoms with van der Waals surface area (Å²) < 4.78 is 13.3. The molecule has 4 nitrogen and oxygen atoms in total. The van der Waals surface area contributed by atoms with Gasteiger partial charge in [-0.15, -0.1) is 0 Å². The SMILES string of the molecule is CC(C)C(=O)Cc1ccc(NC(=O)c2c[nH]c3cc(F)ccc23)c(Cl)c1. The van der Waals surface area contributed by atoms with E-state index in [1.165, 1.54) is 18.3 Å². The van der Waals surface area contributed by atoms with E-state index in [1.54, 1.807) is 24.3 Å². The van der Waals surface area contributed by atoms with Crippen molar-refractivity contribution in [1.29, 1.82) is 0 Å². The Labute approximate surface area is 155 Å². The standard InChI is InChI=1S/C20H18ClFN2O2/c1-11(2)19(25)8-12-3-6-17(16(21)7-12)24-20(26)15-10-23-18-9-13(22)4-5-14(15)18/h3-7,9-11,23H,8H2,1-2H3,(H,24,26). The van der Waals surface area contributed by atoms with Gasteiger partial charge in [-0.1, -0.05) is 31.5 Å². The Morgan fingerprint density at radius 3 is 2.65 bits per heavy atom. The molecule has 0 atom stereocenters. The van der Waals surface area contributed by atoms with Crippen molar-refractivity contribution in [2.24, 2.45) is 5.92 Å². The molecule has 2 N–H and O–H groups in total. The number of hydrogen-bond acceptors (Lipinski definition) is 2. The second kappa shape index (κ2) is 7.30. The summed E-state index contributed by atoms with van der Waals surface area (Å²) in [6, 6.07) is 9.32. The molecule has 0 unspecified atom stereocenters. The van der Waals surface area contributed by atoms with Gasteiger partial charge >= 0.3 is 0 Å². The number of rotatable bonds is 5. The van der Waals surface area contributed by atoms with Crippen LogP contribution in [0.1, 0.15) is 29.8 Å². The van der Waals surface area contributed by atoms with Gasteiger partial charge in [0.2, 0.25) is 0 Å². The number of H-pyrrole nitrogens is 1. The van der Waals surface area contributed by atoms with Crippen LogP contribution in [0, 0.1) is 11.7 Å². The average Bonchev–Trinajstić information content (AvgIpc) is 3.00. The van der Waals surface area contributed by atoms with Crippen LogP contribution in [0.2, 0.25) is 5.02 Å². The van der Waals surface area contributed by atoms with E-state index in [-0.39, 0.29) is 23.4 Å². The first kappa shape index (κ1) is 18.1. The first-order valence-corrected chi connectivity index (χ1v) is 8.62. The molecule has 0 spiro atoms. The lowest BCUT2D eigenvalue weighted by atomic mass is 10.0. The predicted molar refractivity (Wildman–Crippen MR) is 101 cm³/mol. The summed E-state index contributed by atoms with van der Waals surface area (Å²) in [6.07, 6.45) is 1.84. The fourth-order valence-corrected chi connectivity index (χ4v) is 2.90. The quantitative estimate of drug-likeness (QED) is 0.663. The third-order valence-corrected chi connectivity index (χ3v) is 4.51. The number of amides is 1. The third kappa shape index (κ3) is 3.78. The lowest BCUT2D eigenvalue weighted by Crippen LogP contribution is -2.13. The van der Waals surface area contributed by atoms with E-state index in [0.717, 1.165) is 5.56 Å². The minimum Gasteiger partial charge on any atom is -0.360 e. The van der Waals surface area contributed by atoms with Crippen LogP contribution in [0.4, 0.5) is 10.1 Å². The molecular formula is C20H18ClFN2O2. The second-order valence-electron chi connectivity index (χ2n) is 6.46. The highest BCUT2D eigenvalue weighted by Crippen LogP contribution is 2.26. The zero-order valence-electron chi connectivity index (χ0n) is 14.4. The summed E-state index contributed by atoms with van der Waals surface area (Å²) in [4.78, 5) is 27.3. The van der Waals surface area contributed by atoms with Gasteiger partial charge in [-0.25, -0.2) is 4.39 Å². The molecule has 0 aliphatic rings. The lowest BCUT2D eigenvalue weighted by molar-refractivity contribution is -0.121. The van der Waals surface area contributed by atoms with Gasteiger partial charge < -0.3 is 10.3 Å². The molecule has 1 amide bonds. The average molecular weight is 373 g/mol. The smallest absolute Gasteiger partial charge is 0.257 e. The Balaban J connectivity index is 1.79. The molecule has 0 radical (unpaired) electrons. The van der Waals surface area contributed by atoms with E-state index in [1.807, 2.05) is 13.8 Å². The van der Waals surface area contributed by atoms with Crippen molar-refractivity contribution in [2.75, 3.05) is 5.32 Å². The number of ketones is 1. The van der Waals surface area contributed by atoms with Crippen molar-refractivity contribution >= 4 is 39.9 Å². The maximum absolute atomic E-state index is 13.3. The summed E-state index contributed by atoms with van der Waals surface area (Å²) in [5, 5.41) is 3.74. The number of nitrogens with one attached hydrogen (secondary N) is 2. The Morgan fingerprint density at radius 2 is 1.96 bits per heavy atom. The van der Waals surface area contributed by atoms with Crippen LogP contribution < -0.4 is 5.32 Å². The number of fused-ring (bicyclic) bond motifs is 1. The number of Topliss-reactive ketones (excluding diaryl/α,β-unsaturated/α-hetero) is 1. The summed E-state index contributed by atoms with van der Waals surface area (Å²) in [7, 11) is 0. The van der Waals surface area contributed by atoms with Crippen LogP contribution in [0.15, 0.2) is 42.6 Å². The van der Waals surface area contributed by atoms with Crippen LogP contribution in [0.5, 0.6) is 0 Å². The lowest BCUT2D eigenvalue weighted by Gasteiger charge is -2.09. The molecule has 0 saturated carbocycles. The molecule has 1 heterocycles. The Hall–Kier alpha value is -2.66. The highest BCUT2D eigenvalue weighted by Gasteiger charge is 2.15. The van der Waals surface area contributed by atoms with Crippen molar-refractivity contribution in [1.82, 2.24) is 4.98 Å². The summed E-state index contributed by atoms with van der Waals surface area (Å²) in [5.41, 5.74) is 2.20. The van der Waals surface area contributed by atoms with Gasteiger partial charge in [0.15, 0.2) is 0 Å². The highest BCUT2D eigenvalue weighted by atomic mass is 35.5. The van der Waals surface area contributed by atoms with E-state index in [9.17, 15) is 14.0 Å². The number of aromatic amines is 1. The van der Waals surface area contributed by atoms with Crippen LogP contribution in [0.25, 0.3) is 10.9 Å². The van der Waals surface area contributed by atoms with Crippen LogP contribution in [-0.4, -0.2) is 16.7 Å². The number of anilines is 1. The molecule has 134 valence electrons. The van der Waals surface area contributed by atoms with Crippen molar-refractivity contribution in [2.45, 2.75) is 20.3 Å². The van der Waals surface area contributed by atoms with Gasteiger partial charge in [-0.3, -0.25) is 9.59 Å². The zero-order valence-corrected chi connectivity index (χ0v) is 15.2. The maximum atomic E-state index is 13.3. The summed E-state index contributed by atoms with van der Waals surface area (Å²) in [5.74, 6) is -0.639. The fraction of sp³-hybridized carbons (Fsp3) is 0.200. The van der Waals surface area contributed by atoms with Gasteiger partial charge in [-0.05, 0) is 35.9 Å². The Bertz CT molecular complexity index is 995. The normalized spacial score (nSPS) is 11.1. The summed E-state index contributed by atoms with van der Waals surface area (Å²) >= 11 is 6.25. The van der Waals surface area contributed by atoms with Crippen LogP contribution in [0.3, 0.4) is 0 Å². The highest BCUT2D eigenvalue weighted by molar-refractivity contribution is 6.34. The number of benzene rings is 2. The first-order valence-electron chi connectivity index (χ1n) is 8.24. The van der Waals surface area contributed by atoms with Gasteiger partial charge in [0.25, 0.3) is 5.91 Å². The Morgan fingerprint density at radius 1 is 1.19 bits per heavy atom. The minimum absolute atomic E-state index is 0.0418. The number of hydrogen-bond donors (Lipinski definition) is 2. The van der Waals surface area contributed by atoms with E-state index in [4.69, 9.17) is 11.6 Å². The topological polar surface area (TPSA) is 62.0 Å². The maximum Gasteiger partial charge on any atom is 0.257 e. The fourth-order valence-electron chi connectivity index (χ4n) is 2.65. The molecule has 3 rings (SSSR count). The predicted octanol–water partition coefficient (Wildman–Crippen LogP) is 4.98. The van der Waals surface area contributed by atoms with E-state index in [2.05, 4.69) is 10.3 Å². The number of halogens is 2. The van der Waals surface area contributed by atoms with E-state index < -0.39 is 0 Å². The van der Waals surface area contributed by atoms with Gasteiger partial charge in [0, 0.05) is 29.4 Å². The number of carbonyl (C=O) groups is 2. The number of carbonyl (C=O) groups excluding carboxylic acids is 2. The van der Waals surface area contributed by atoms with Crippen molar-refractivity contribution in [3.05, 3.63) is 64.6 Å². The Kier molecular flexibility index (Phi) is 5.09. The molecule has 26 heavy (non-hydrogen) atoms. The van der Waals surface area contributed by atoms with Gasteiger partial charge in [-0.2, -0.15) is 0 Å². The zero-order chi connectivity index (χ0) is 18.8. The van der Waals surface area contributed by atoms with Crippen molar-refractivity contribution in [3.63, 3.8) is 0 Å². The van der Waals surface area contributed by atoms with Crippen molar-refractivity contribution in [3.8, 4) is 0 Å². The molecule has 0 saturated heterocycles.